The van der Waals surface area contributed by atoms with Gasteiger partial charge >= 0.3 is 0 Å². The van der Waals surface area contributed by atoms with Crippen LogP contribution in [0, 0.1) is 29.1 Å². The molecular formula is C28H37NO4. The van der Waals surface area contributed by atoms with Crippen molar-refractivity contribution in [2.75, 3.05) is 0 Å². The summed E-state index contributed by atoms with van der Waals surface area (Å²) in [4.78, 5) is 13.8. The number of carbonyl (C=O) groups excluding carboxylic acids is 1. The molecule has 0 radical (unpaired) electrons. The molecule has 1 spiro atoms. The van der Waals surface area contributed by atoms with Gasteiger partial charge < -0.3 is 20.6 Å². The van der Waals surface area contributed by atoms with Gasteiger partial charge in [0.1, 0.15) is 0 Å². The lowest BCUT2D eigenvalue weighted by molar-refractivity contribution is -0.147. The van der Waals surface area contributed by atoms with Gasteiger partial charge in [-0.05, 0) is 49.2 Å². The lowest BCUT2D eigenvalue weighted by Crippen LogP contribution is -2.59. The van der Waals surface area contributed by atoms with Gasteiger partial charge in [-0.15, -0.1) is 0 Å². The third kappa shape index (κ3) is 4.11. The fraction of sp³-hybridized carbons (Fsp3) is 0.536. The van der Waals surface area contributed by atoms with Crippen LogP contribution in [0.3, 0.4) is 0 Å². The number of rotatable bonds is 2. The van der Waals surface area contributed by atoms with Crippen molar-refractivity contribution >= 4 is 5.91 Å². The number of aliphatic hydroxyl groups is 3. The lowest BCUT2D eigenvalue weighted by Gasteiger charge is -2.51. The fourth-order valence-corrected chi connectivity index (χ4v) is 6.60. The van der Waals surface area contributed by atoms with E-state index in [1.807, 2.05) is 62.4 Å². The van der Waals surface area contributed by atoms with Crippen molar-refractivity contribution in [1.82, 2.24) is 5.32 Å². The van der Waals surface area contributed by atoms with Gasteiger partial charge in [-0.1, -0.05) is 75.1 Å². The molecule has 5 heteroatoms. The number of nitrogens with one attached hydrogen (secondary N) is 1. The zero-order valence-electron chi connectivity index (χ0n) is 19.8. The summed E-state index contributed by atoms with van der Waals surface area (Å²) in [5, 5.41) is 36.9. The Morgan fingerprint density at radius 1 is 1.12 bits per heavy atom. The second-order valence-electron chi connectivity index (χ2n) is 10.7. The second-order valence-corrected chi connectivity index (χ2v) is 10.7. The molecule has 2 fully saturated rings. The van der Waals surface area contributed by atoms with E-state index < -0.39 is 29.1 Å². The molecule has 5 nitrogen and oxygen atoms in total. The van der Waals surface area contributed by atoms with Gasteiger partial charge in [0.05, 0.1) is 23.2 Å². The maximum Gasteiger partial charge on any atom is 0.230 e. The highest BCUT2D eigenvalue weighted by molar-refractivity contribution is 5.88. The molecule has 9 atom stereocenters. The quantitative estimate of drug-likeness (QED) is 0.520. The molecule has 178 valence electrons. The Bertz CT molecular complexity index is 952. The summed E-state index contributed by atoms with van der Waals surface area (Å²) in [6.07, 6.45) is 6.85. The van der Waals surface area contributed by atoms with Crippen molar-refractivity contribution in [3.8, 4) is 0 Å². The molecule has 1 saturated heterocycles. The van der Waals surface area contributed by atoms with Crippen LogP contribution in [0.2, 0.25) is 0 Å². The number of hydrogen-bond donors (Lipinski definition) is 4. The summed E-state index contributed by atoms with van der Waals surface area (Å²) in [5.41, 5.74) is -0.337. The Morgan fingerprint density at radius 3 is 2.52 bits per heavy atom. The number of amides is 1. The van der Waals surface area contributed by atoms with Gasteiger partial charge in [-0.2, -0.15) is 0 Å². The first-order valence-electron chi connectivity index (χ1n) is 12.0. The standard InChI is InChI=1S/C28H37NO4/c1-17-12-13-23(30)28-21(11-8-14-27(4,33)16-17)25(31)19(3)18(2)24(28)22(29-26(28)32)15-20-9-6-5-7-10-20/h5-13,17-18,21-25,30-31,33H,3,14-16H2,1-2,4H3,(H,29,32)/b11-8+,13-12+/t17-,18-,21+,22+,23-,24+,25-,27-,28-/m1/s1. The minimum Gasteiger partial charge on any atom is -0.390 e. The number of aliphatic hydroxyl groups excluding tert-OH is 2. The first kappa shape index (κ1) is 23.9. The Labute approximate surface area is 196 Å². The molecule has 33 heavy (non-hydrogen) atoms. The van der Waals surface area contributed by atoms with E-state index in [2.05, 4.69) is 11.9 Å². The van der Waals surface area contributed by atoms with Gasteiger partial charge in [0.25, 0.3) is 0 Å². The molecule has 3 aliphatic rings. The van der Waals surface area contributed by atoms with E-state index in [1.54, 1.807) is 13.0 Å². The third-order valence-electron chi connectivity index (χ3n) is 8.16. The third-order valence-corrected chi connectivity index (χ3v) is 8.16. The molecule has 2 aliphatic carbocycles. The van der Waals surface area contributed by atoms with Crippen LogP contribution in [0.5, 0.6) is 0 Å². The van der Waals surface area contributed by atoms with Crippen LogP contribution in [-0.2, 0) is 11.2 Å². The minimum absolute atomic E-state index is 0.0277. The van der Waals surface area contributed by atoms with Crippen LogP contribution in [0.25, 0.3) is 0 Å². The predicted octanol–water partition coefficient (Wildman–Crippen LogP) is 3.17. The van der Waals surface area contributed by atoms with Gasteiger partial charge in [0.15, 0.2) is 0 Å². The Kier molecular flexibility index (Phi) is 6.43. The smallest absolute Gasteiger partial charge is 0.230 e. The molecular weight excluding hydrogens is 414 g/mol. The van der Waals surface area contributed by atoms with Crippen LogP contribution >= 0.6 is 0 Å². The lowest BCUT2D eigenvalue weighted by atomic mass is 9.51. The zero-order valence-corrected chi connectivity index (χ0v) is 19.8. The molecule has 4 rings (SSSR count). The van der Waals surface area contributed by atoms with E-state index in [4.69, 9.17) is 0 Å². The zero-order chi connectivity index (χ0) is 24.0. The van der Waals surface area contributed by atoms with Crippen molar-refractivity contribution in [1.29, 1.82) is 0 Å². The number of hydrogen-bond acceptors (Lipinski definition) is 4. The van der Waals surface area contributed by atoms with Gasteiger partial charge in [-0.25, -0.2) is 0 Å². The van der Waals surface area contributed by atoms with Crippen LogP contribution in [0.1, 0.15) is 39.2 Å². The minimum atomic E-state index is -1.22. The first-order chi connectivity index (χ1) is 15.6. The van der Waals surface area contributed by atoms with Crippen LogP contribution in [-0.4, -0.2) is 45.1 Å². The van der Waals surface area contributed by atoms with Gasteiger partial charge in [-0.3, -0.25) is 4.79 Å². The summed E-state index contributed by atoms with van der Waals surface area (Å²) >= 11 is 0. The maximum atomic E-state index is 13.8. The first-order valence-corrected chi connectivity index (χ1v) is 12.0. The number of benzene rings is 1. The van der Waals surface area contributed by atoms with Crippen molar-refractivity contribution in [2.45, 2.75) is 63.9 Å². The topological polar surface area (TPSA) is 89.8 Å². The molecule has 1 aromatic carbocycles. The molecule has 1 saturated carbocycles. The molecule has 0 aromatic heterocycles. The summed E-state index contributed by atoms with van der Waals surface area (Å²) < 4.78 is 0. The molecule has 0 bridgehead atoms. The van der Waals surface area contributed by atoms with Crippen LogP contribution in [0.15, 0.2) is 66.8 Å². The molecule has 0 unspecified atom stereocenters. The van der Waals surface area contributed by atoms with E-state index in [0.717, 1.165) is 5.56 Å². The molecule has 4 N–H and O–H groups in total. The Morgan fingerprint density at radius 2 is 1.82 bits per heavy atom. The molecule has 1 amide bonds. The summed E-state index contributed by atoms with van der Waals surface area (Å²) in [6, 6.07) is 9.84. The van der Waals surface area contributed by atoms with Crippen LogP contribution < -0.4 is 5.32 Å². The Hall–Kier alpha value is -2.21. The highest BCUT2D eigenvalue weighted by Gasteiger charge is 2.67. The van der Waals surface area contributed by atoms with E-state index in [-0.39, 0.29) is 29.7 Å². The van der Waals surface area contributed by atoms with Crippen molar-refractivity contribution in [2.24, 2.45) is 29.1 Å². The summed E-state index contributed by atoms with van der Waals surface area (Å²) in [7, 11) is 0. The van der Waals surface area contributed by atoms with E-state index in [0.29, 0.717) is 24.8 Å². The van der Waals surface area contributed by atoms with Crippen molar-refractivity contribution < 1.29 is 20.1 Å². The highest BCUT2D eigenvalue weighted by Crippen LogP contribution is 2.57. The SMILES string of the molecule is C=C1[C@@H](C)[C@H]2[C@H](Cc3ccccc3)NC(=O)[C@]23[C@H](O)/C=C/[C@@H](C)C[C@](C)(O)C/C=C/[C@H]3[C@@H]1O. The summed E-state index contributed by atoms with van der Waals surface area (Å²) in [5.74, 6) is -1.24. The predicted molar refractivity (Wildman–Crippen MR) is 129 cm³/mol. The maximum absolute atomic E-state index is 13.8. The number of allylic oxidation sites excluding steroid dienone is 1. The van der Waals surface area contributed by atoms with E-state index in [9.17, 15) is 20.1 Å². The molecule has 1 aliphatic heterocycles. The summed E-state index contributed by atoms with van der Waals surface area (Å²) in [6.45, 7) is 10.00. The monoisotopic (exact) mass is 451 g/mol. The largest absolute Gasteiger partial charge is 0.390 e. The van der Waals surface area contributed by atoms with Gasteiger partial charge in [0, 0.05) is 17.9 Å². The fourth-order valence-electron chi connectivity index (χ4n) is 6.60. The second kappa shape index (κ2) is 8.86. The van der Waals surface area contributed by atoms with Crippen LogP contribution in [0.4, 0.5) is 0 Å². The van der Waals surface area contributed by atoms with Crippen molar-refractivity contribution in [3.63, 3.8) is 0 Å². The van der Waals surface area contributed by atoms with E-state index in [1.165, 1.54) is 0 Å². The normalized spacial score (nSPS) is 45.3. The van der Waals surface area contributed by atoms with E-state index >= 15 is 0 Å². The highest BCUT2D eigenvalue weighted by atomic mass is 16.3. The Balaban J connectivity index is 1.84. The average Bonchev–Trinajstić information content (AvgIpc) is 3.04. The molecule has 1 aromatic rings. The molecule has 1 heterocycles. The average molecular weight is 452 g/mol. The number of carbonyl (C=O) groups is 1. The van der Waals surface area contributed by atoms with Gasteiger partial charge in [0.2, 0.25) is 5.91 Å². The van der Waals surface area contributed by atoms with Crippen molar-refractivity contribution in [3.05, 3.63) is 72.4 Å².